The summed E-state index contributed by atoms with van der Waals surface area (Å²) in [4.78, 5) is 4.55. The van der Waals surface area contributed by atoms with E-state index in [0.717, 1.165) is 11.1 Å². The van der Waals surface area contributed by atoms with E-state index in [4.69, 9.17) is 11.5 Å². The molecule has 0 spiro atoms. The van der Waals surface area contributed by atoms with Gasteiger partial charge < -0.3 is 16.3 Å². The number of nitrogens with zero attached hydrogens (tertiary/aromatic N) is 1. The zero-order chi connectivity index (χ0) is 9.68. The van der Waals surface area contributed by atoms with Gasteiger partial charge in [0.15, 0.2) is 5.84 Å². The first-order valence-corrected chi connectivity index (χ1v) is 3.94. The molecule has 0 fully saturated rings. The fourth-order valence-electron chi connectivity index (χ4n) is 0.963. The van der Waals surface area contributed by atoms with Gasteiger partial charge >= 0.3 is 0 Å². The molecule has 78 valence electrons. The molecule has 0 radical (unpaired) electrons. The SMILES string of the molecule is CON=C(N)c1ccc(CN)cc1.Cl. The Morgan fingerprint density at radius 1 is 1.36 bits per heavy atom. The monoisotopic (exact) mass is 215 g/mol. The van der Waals surface area contributed by atoms with Crippen molar-refractivity contribution in [1.29, 1.82) is 0 Å². The van der Waals surface area contributed by atoms with E-state index in [1.807, 2.05) is 24.3 Å². The molecule has 4 N–H and O–H groups in total. The lowest BCUT2D eigenvalue weighted by Gasteiger charge is -2.00. The lowest BCUT2D eigenvalue weighted by Crippen LogP contribution is -2.13. The molecular formula is C9H14ClN3O. The van der Waals surface area contributed by atoms with Crippen LogP contribution in [-0.2, 0) is 11.4 Å². The normalized spacial score (nSPS) is 10.6. The van der Waals surface area contributed by atoms with Crippen LogP contribution in [0.3, 0.4) is 0 Å². The highest BCUT2D eigenvalue weighted by atomic mass is 35.5. The minimum atomic E-state index is 0. The molecule has 0 bridgehead atoms. The molecule has 1 aromatic rings. The van der Waals surface area contributed by atoms with Crippen molar-refractivity contribution in [1.82, 2.24) is 0 Å². The number of hydrogen-bond donors (Lipinski definition) is 2. The highest BCUT2D eigenvalue weighted by molar-refractivity contribution is 5.97. The van der Waals surface area contributed by atoms with Crippen LogP contribution in [0.15, 0.2) is 29.4 Å². The van der Waals surface area contributed by atoms with Crippen LogP contribution in [0.25, 0.3) is 0 Å². The summed E-state index contributed by atoms with van der Waals surface area (Å²) in [6, 6.07) is 7.54. The average molecular weight is 216 g/mol. The zero-order valence-electron chi connectivity index (χ0n) is 7.93. The van der Waals surface area contributed by atoms with Gasteiger partial charge in [0.05, 0.1) is 0 Å². The van der Waals surface area contributed by atoms with Crippen LogP contribution < -0.4 is 11.5 Å². The van der Waals surface area contributed by atoms with Crippen molar-refractivity contribution >= 4 is 18.2 Å². The smallest absolute Gasteiger partial charge is 0.170 e. The summed E-state index contributed by atoms with van der Waals surface area (Å²) in [6.07, 6.45) is 0. The fourth-order valence-corrected chi connectivity index (χ4v) is 0.963. The topological polar surface area (TPSA) is 73.6 Å². The van der Waals surface area contributed by atoms with Crippen LogP contribution >= 0.6 is 12.4 Å². The standard InChI is InChI=1S/C9H13N3O.ClH/c1-13-12-9(11)8-4-2-7(6-10)3-5-8;/h2-5H,6,10H2,1H3,(H2,11,12);1H. The minimum Gasteiger partial charge on any atom is -0.397 e. The van der Waals surface area contributed by atoms with Crippen LogP contribution in [0.2, 0.25) is 0 Å². The first-order chi connectivity index (χ1) is 6.27. The fraction of sp³-hybridized carbons (Fsp3) is 0.222. The summed E-state index contributed by atoms with van der Waals surface area (Å²) >= 11 is 0. The first-order valence-electron chi connectivity index (χ1n) is 3.94. The second kappa shape index (κ2) is 6.23. The summed E-state index contributed by atoms with van der Waals surface area (Å²) in [5.74, 6) is 0.367. The van der Waals surface area contributed by atoms with E-state index in [2.05, 4.69) is 9.99 Å². The number of nitrogens with two attached hydrogens (primary N) is 2. The van der Waals surface area contributed by atoms with E-state index >= 15 is 0 Å². The number of rotatable bonds is 3. The van der Waals surface area contributed by atoms with Crippen LogP contribution in [0, 0.1) is 0 Å². The van der Waals surface area contributed by atoms with E-state index in [0.29, 0.717) is 12.4 Å². The van der Waals surface area contributed by atoms with Gasteiger partial charge in [-0.15, -0.1) is 12.4 Å². The predicted molar refractivity (Wildman–Crippen MR) is 59.3 cm³/mol. The molecule has 1 rings (SSSR count). The Hall–Kier alpha value is -1.26. The minimum absolute atomic E-state index is 0. The van der Waals surface area contributed by atoms with Crippen LogP contribution in [0.5, 0.6) is 0 Å². The largest absolute Gasteiger partial charge is 0.397 e. The number of halogens is 1. The highest BCUT2D eigenvalue weighted by Gasteiger charge is 1.97. The van der Waals surface area contributed by atoms with E-state index in [-0.39, 0.29) is 12.4 Å². The Morgan fingerprint density at radius 2 is 1.93 bits per heavy atom. The van der Waals surface area contributed by atoms with Gasteiger partial charge in [-0.25, -0.2) is 0 Å². The lowest BCUT2D eigenvalue weighted by atomic mass is 10.1. The molecule has 0 heterocycles. The molecule has 0 atom stereocenters. The molecule has 0 aromatic heterocycles. The van der Waals surface area contributed by atoms with E-state index < -0.39 is 0 Å². The second-order valence-electron chi connectivity index (χ2n) is 2.56. The Balaban J connectivity index is 0.00000169. The third-order valence-corrected chi connectivity index (χ3v) is 1.68. The van der Waals surface area contributed by atoms with Gasteiger partial charge in [-0.3, -0.25) is 0 Å². The lowest BCUT2D eigenvalue weighted by molar-refractivity contribution is 0.213. The number of benzene rings is 1. The summed E-state index contributed by atoms with van der Waals surface area (Å²) in [5, 5.41) is 3.61. The molecule has 0 aliphatic carbocycles. The van der Waals surface area contributed by atoms with Gasteiger partial charge in [-0.2, -0.15) is 0 Å². The summed E-state index contributed by atoms with van der Waals surface area (Å²) in [5.41, 5.74) is 12.9. The van der Waals surface area contributed by atoms with Gasteiger partial charge in [-0.05, 0) is 5.56 Å². The second-order valence-corrected chi connectivity index (χ2v) is 2.56. The Labute approximate surface area is 89.3 Å². The number of oxime groups is 1. The first kappa shape index (κ1) is 12.7. The third kappa shape index (κ3) is 3.24. The van der Waals surface area contributed by atoms with Crippen molar-refractivity contribution in [2.75, 3.05) is 7.11 Å². The van der Waals surface area contributed by atoms with Gasteiger partial charge in [0.2, 0.25) is 0 Å². The van der Waals surface area contributed by atoms with Crippen molar-refractivity contribution in [3.8, 4) is 0 Å². The van der Waals surface area contributed by atoms with Crippen LogP contribution in [0.1, 0.15) is 11.1 Å². The molecule has 0 aliphatic rings. The van der Waals surface area contributed by atoms with Gasteiger partial charge in [-0.1, -0.05) is 29.4 Å². The molecule has 0 saturated carbocycles. The van der Waals surface area contributed by atoms with Gasteiger partial charge in [0.1, 0.15) is 7.11 Å². The molecular weight excluding hydrogens is 202 g/mol. The molecule has 1 aromatic carbocycles. The van der Waals surface area contributed by atoms with Crippen molar-refractivity contribution in [2.45, 2.75) is 6.54 Å². The quantitative estimate of drug-likeness (QED) is 0.446. The highest BCUT2D eigenvalue weighted by Crippen LogP contribution is 2.03. The maximum absolute atomic E-state index is 5.59. The summed E-state index contributed by atoms with van der Waals surface area (Å²) in [6.45, 7) is 0.529. The maximum atomic E-state index is 5.59. The van der Waals surface area contributed by atoms with Gasteiger partial charge in [0, 0.05) is 12.1 Å². The Bertz CT molecular complexity index is 297. The molecule has 0 amide bonds. The van der Waals surface area contributed by atoms with Crippen LogP contribution in [0.4, 0.5) is 0 Å². The number of hydrogen-bond acceptors (Lipinski definition) is 3. The third-order valence-electron chi connectivity index (χ3n) is 1.68. The summed E-state index contributed by atoms with van der Waals surface area (Å²) in [7, 11) is 1.46. The molecule has 4 nitrogen and oxygen atoms in total. The molecule has 5 heteroatoms. The number of amidine groups is 1. The van der Waals surface area contributed by atoms with Crippen molar-refractivity contribution in [3.63, 3.8) is 0 Å². The summed E-state index contributed by atoms with van der Waals surface area (Å²) < 4.78 is 0. The van der Waals surface area contributed by atoms with E-state index in [1.165, 1.54) is 7.11 Å². The van der Waals surface area contributed by atoms with Crippen molar-refractivity contribution in [2.24, 2.45) is 16.6 Å². The molecule has 0 aliphatic heterocycles. The van der Waals surface area contributed by atoms with Crippen LogP contribution in [-0.4, -0.2) is 12.9 Å². The molecule has 0 unspecified atom stereocenters. The average Bonchev–Trinajstić information content (AvgIpc) is 2.18. The Kier molecular flexibility index (Phi) is 5.67. The van der Waals surface area contributed by atoms with Crippen molar-refractivity contribution < 1.29 is 4.84 Å². The molecule has 0 saturated heterocycles. The van der Waals surface area contributed by atoms with E-state index in [1.54, 1.807) is 0 Å². The van der Waals surface area contributed by atoms with E-state index in [9.17, 15) is 0 Å². The van der Waals surface area contributed by atoms with Gasteiger partial charge in [0.25, 0.3) is 0 Å². The maximum Gasteiger partial charge on any atom is 0.170 e. The molecule has 14 heavy (non-hydrogen) atoms. The zero-order valence-corrected chi connectivity index (χ0v) is 8.75. The predicted octanol–water partition coefficient (Wildman–Crippen LogP) is 0.834. The van der Waals surface area contributed by atoms with Crippen molar-refractivity contribution in [3.05, 3.63) is 35.4 Å². The Morgan fingerprint density at radius 3 is 2.36 bits per heavy atom.